The molecule has 10 heteroatoms. The first-order valence-electron chi connectivity index (χ1n) is 7.44. The first-order chi connectivity index (χ1) is 12.6. The highest BCUT2D eigenvalue weighted by Gasteiger charge is 2.48. The molecule has 2 N–H and O–H groups in total. The number of halogens is 5. The van der Waals surface area contributed by atoms with Gasteiger partial charge in [-0.3, -0.25) is 4.79 Å². The Morgan fingerprint density at radius 1 is 1.22 bits per heavy atom. The van der Waals surface area contributed by atoms with Gasteiger partial charge in [-0.1, -0.05) is 23.2 Å². The van der Waals surface area contributed by atoms with Crippen LogP contribution in [0.25, 0.3) is 6.08 Å². The van der Waals surface area contributed by atoms with Crippen molar-refractivity contribution >= 4 is 35.2 Å². The van der Waals surface area contributed by atoms with Gasteiger partial charge in [0, 0.05) is 28.8 Å². The molecule has 0 aliphatic carbocycles. The Kier molecular flexibility index (Phi) is 4.96. The highest BCUT2D eigenvalue weighted by molar-refractivity contribution is 6.31. The average molecular weight is 420 g/mol. The number of pyridine rings is 1. The number of benzene rings is 1. The second kappa shape index (κ2) is 6.94. The Morgan fingerprint density at radius 3 is 2.56 bits per heavy atom. The number of carboxylic acid groups (broad SMARTS) is 1. The highest BCUT2D eigenvalue weighted by Crippen LogP contribution is 2.39. The molecule has 2 heterocycles. The number of ether oxygens (including phenoxy) is 1. The fraction of sp³-hybridized carbons (Fsp3) is 0.176. The van der Waals surface area contributed by atoms with Gasteiger partial charge in [-0.05, 0) is 29.8 Å². The number of aromatic nitrogens is 1. The molecule has 0 spiro atoms. The smallest absolute Gasteiger partial charge is 0.430 e. The molecule has 0 radical (unpaired) electrons. The second-order valence-electron chi connectivity index (χ2n) is 5.77. The van der Waals surface area contributed by atoms with Gasteiger partial charge in [0.2, 0.25) is 6.10 Å². The van der Waals surface area contributed by atoms with Crippen LogP contribution in [-0.2, 0) is 11.2 Å². The summed E-state index contributed by atoms with van der Waals surface area (Å²) in [5.41, 5.74) is -0.673. The summed E-state index contributed by atoms with van der Waals surface area (Å²) >= 11 is 12.0. The molecule has 3 rings (SSSR count). The lowest BCUT2D eigenvalue weighted by Gasteiger charge is -2.27. The summed E-state index contributed by atoms with van der Waals surface area (Å²) < 4.78 is 44.4. The molecule has 0 fully saturated rings. The van der Waals surface area contributed by atoms with E-state index in [9.17, 15) is 22.8 Å². The monoisotopic (exact) mass is 419 g/mol. The van der Waals surface area contributed by atoms with Crippen molar-refractivity contribution in [1.29, 1.82) is 0 Å². The fourth-order valence-electron chi connectivity index (χ4n) is 2.65. The number of aromatic amines is 1. The molecule has 0 bridgehead atoms. The number of alkyl halides is 3. The van der Waals surface area contributed by atoms with Crippen molar-refractivity contribution in [2.45, 2.75) is 18.7 Å². The van der Waals surface area contributed by atoms with Gasteiger partial charge >= 0.3 is 12.1 Å². The number of carboxylic acids is 1. The molecular weight excluding hydrogens is 410 g/mol. The van der Waals surface area contributed by atoms with Gasteiger partial charge in [-0.15, -0.1) is 0 Å². The summed E-state index contributed by atoms with van der Waals surface area (Å²) in [5.74, 6) is -1.92. The van der Waals surface area contributed by atoms with E-state index in [1.165, 1.54) is 24.4 Å². The lowest BCUT2D eigenvalue weighted by Crippen LogP contribution is -2.40. The van der Waals surface area contributed by atoms with E-state index >= 15 is 0 Å². The summed E-state index contributed by atoms with van der Waals surface area (Å²) in [6.07, 6.45) is -5.34. The van der Waals surface area contributed by atoms with E-state index in [-0.39, 0.29) is 33.3 Å². The quantitative estimate of drug-likeness (QED) is 0.785. The molecule has 27 heavy (non-hydrogen) atoms. The molecule has 0 amide bonds. The van der Waals surface area contributed by atoms with Crippen LogP contribution in [0.5, 0.6) is 5.75 Å². The average Bonchev–Trinajstić information content (AvgIpc) is 2.56. The van der Waals surface area contributed by atoms with E-state index in [0.29, 0.717) is 5.56 Å². The molecule has 5 nitrogen and oxygen atoms in total. The van der Waals surface area contributed by atoms with Crippen LogP contribution < -0.4 is 10.3 Å². The third-order valence-corrected chi connectivity index (χ3v) is 4.46. The van der Waals surface area contributed by atoms with E-state index in [1.807, 2.05) is 0 Å². The number of nitrogens with one attached hydrogen (secondary N) is 1. The molecular formula is C17H10Cl2F3NO4. The Bertz CT molecular complexity index is 1010. The Labute approximate surface area is 160 Å². The standard InChI is InChI=1S/C17H10Cl2F3NO4/c18-10-2-9(15(24)23-6-10)1-7-5-13-8(4-12(7)19)3-11(16(25)26)14(27-13)17(20,21)22/h2-6,14H,1H2,(H,23,24)(H,25,26). The zero-order valence-corrected chi connectivity index (χ0v) is 14.7. The van der Waals surface area contributed by atoms with Crippen LogP contribution in [0.15, 0.2) is 34.8 Å². The fourth-order valence-corrected chi connectivity index (χ4v) is 3.07. The lowest BCUT2D eigenvalue weighted by atomic mass is 9.98. The molecule has 1 atom stereocenters. The number of aliphatic carboxylic acids is 1. The minimum atomic E-state index is -4.91. The number of fused-ring (bicyclic) bond motifs is 1. The maximum absolute atomic E-state index is 13.2. The van der Waals surface area contributed by atoms with Gasteiger partial charge in [0.25, 0.3) is 5.56 Å². The number of carbonyl (C=O) groups is 1. The molecule has 1 unspecified atom stereocenters. The van der Waals surface area contributed by atoms with Crippen LogP contribution in [-0.4, -0.2) is 28.3 Å². The topological polar surface area (TPSA) is 79.4 Å². The van der Waals surface area contributed by atoms with Crippen molar-refractivity contribution in [3.8, 4) is 5.75 Å². The number of rotatable bonds is 3. The Morgan fingerprint density at radius 2 is 1.93 bits per heavy atom. The van der Waals surface area contributed by atoms with Gasteiger partial charge in [-0.2, -0.15) is 13.2 Å². The van der Waals surface area contributed by atoms with Gasteiger partial charge in [0.1, 0.15) is 5.75 Å². The van der Waals surface area contributed by atoms with Crippen molar-refractivity contribution < 1.29 is 27.8 Å². The molecule has 2 aromatic rings. The van der Waals surface area contributed by atoms with Gasteiger partial charge in [-0.25, -0.2) is 4.79 Å². The van der Waals surface area contributed by atoms with E-state index in [4.69, 9.17) is 33.0 Å². The van der Waals surface area contributed by atoms with Crippen molar-refractivity contribution in [1.82, 2.24) is 4.98 Å². The molecule has 1 aliphatic heterocycles. The molecule has 0 saturated carbocycles. The van der Waals surface area contributed by atoms with Crippen molar-refractivity contribution in [3.05, 3.63) is 67.1 Å². The minimum absolute atomic E-state index is 0.00243. The third kappa shape index (κ3) is 3.96. The van der Waals surface area contributed by atoms with Crippen LogP contribution in [0.2, 0.25) is 10.0 Å². The predicted octanol–water partition coefficient (Wildman–Crippen LogP) is 4.06. The first kappa shape index (κ1) is 19.3. The van der Waals surface area contributed by atoms with Crippen LogP contribution in [0.1, 0.15) is 16.7 Å². The SMILES string of the molecule is O=C(O)C1=Cc2cc(Cl)c(Cc3cc(Cl)c[nH]c3=O)cc2OC1C(F)(F)F. The summed E-state index contributed by atoms with van der Waals surface area (Å²) in [4.78, 5) is 25.4. The normalized spacial score (nSPS) is 16.3. The predicted molar refractivity (Wildman–Crippen MR) is 92.4 cm³/mol. The largest absolute Gasteiger partial charge is 0.478 e. The van der Waals surface area contributed by atoms with Gasteiger partial charge < -0.3 is 14.8 Å². The summed E-state index contributed by atoms with van der Waals surface area (Å²) in [6.45, 7) is 0. The van der Waals surface area contributed by atoms with Gasteiger partial charge in [0.05, 0.1) is 10.6 Å². The maximum atomic E-state index is 13.2. The summed E-state index contributed by atoms with van der Waals surface area (Å²) in [5, 5.41) is 9.46. The van der Waals surface area contributed by atoms with Crippen LogP contribution in [0.3, 0.4) is 0 Å². The zero-order chi connectivity index (χ0) is 19.9. The van der Waals surface area contributed by atoms with Crippen LogP contribution in [0.4, 0.5) is 13.2 Å². The van der Waals surface area contributed by atoms with Crippen molar-refractivity contribution in [3.63, 3.8) is 0 Å². The van der Waals surface area contributed by atoms with Crippen molar-refractivity contribution in [2.75, 3.05) is 0 Å². The van der Waals surface area contributed by atoms with Crippen LogP contribution in [0, 0.1) is 0 Å². The van der Waals surface area contributed by atoms with E-state index < -0.39 is 29.4 Å². The minimum Gasteiger partial charge on any atom is -0.478 e. The molecule has 142 valence electrons. The van der Waals surface area contributed by atoms with E-state index in [1.54, 1.807) is 0 Å². The molecule has 1 aliphatic rings. The molecule has 1 aromatic heterocycles. The Balaban J connectivity index is 2.05. The lowest BCUT2D eigenvalue weighted by molar-refractivity contribution is -0.187. The second-order valence-corrected chi connectivity index (χ2v) is 6.62. The molecule has 0 saturated heterocycles. The summed E-state index contributed by atoms with van der Waals surface area (Å²) in [6, 6.07) is 3.96. The number of hydrogen-bond acceptors (Lipinski definition) is 3. The zero-order valence-electron chi connectivity index (χ0n) is 13.2. The Hall–Kier alpha value is -2.45. The van der Waals surface area contributed by atoms with Crippen molar-refractivity contribution in [2.24, 2.45) is 0 Å². The van der Waals surface area contributed by atoms with Crippen LogP contribution >= 0.6 is 23.2 Å². The summed E-state index contributed by atoms with van der Waals surface area (Å²) in [7, 11) is 0. The first-order valence-corrected chi connectivity index (χ1v) is 8.19. The number of hydrogen-bond donors (Lipinski definition) is 2. The van der Waals surface area contributed by atoms with E-state index in [2.05, 4.69) is 4.98 Å². The third-order valence-electron chi connectivity index (χ3n) is 3.89. The number of H-pyrrole nitrogens is 1. The molecule has 1 aromatic carbocycles. The highest BCUT2D eigenvalue weighted by atomic mass is 35.5. The van der Waals surface area contributed by atoms with E-state index in [0.717, 1.165) is 6.08 Å². The van der Waals surface area contributed by atoms with Gasteiger partial charge in [0.15, 0.2) is 0 Å². The maximum Gasteiger partial charge on any atom is 0.430 e.